The Balaban J connectivity index is 2.00. The van der Waals surface area contributed by atoms with Gasteiger partial charge in [-0.15, -0.1) is 0 Å². The molecule has 1 fully saturated rings. The van der Waals surface area contributed by atoms with Gasteiger partial charge in [0, 0.05) is 12.6 Å². The van der Waals surface area contributed by atoms with Crippen LogP contribution in [0.15, 0.2) is 18.2 Å². The van der Waals surface area contributed by atoms with Crippen LogP contribution in [-0.4, -0.2) is 40.7 Å². The second-order valence-electron chi connectivity index (χ2n) is 7.04. The zero-order valence-corrected chi connectivity index (χ0v) is 14.6. The summed E-state index contributed by atoms with van der Waals surface area (Å²) in [7, 11) is 0. The lowest BCUT2D eigenvalue weighted by atomic mass is 10.2. The fourth-order valence-electron chi connectivity index (χ4n) is 2.68. The summed E-state index contributed by atoms with van der Waals surface area (Å²) in [5, 5.41) is 10.9. The number of carbonyl (C=O) groups is 1. The fourth-order valence-corrected chi connectivity index (χ4v) is 2.68. The van der Waals surface area contributed by atoms with Crippen molar-refractivity contribution >= 4 is 11.8 Å². The maximum atomic E-state index is 12.2. The second kappa shape index (κ2) is 7.07. The molecule has 1 saturated heterocycles. The van der Waals surface area contributed by atoms with E-state index in [1.807, 2.05) is 20.8 Å². The lowest BCUT2D eigenvalue weighted by Gasteiger charge is -2.28. The van der Waals surface area contributed by atoms with Crippen molar-refractivity contribution in [3.63, 3.8) is 0 Å². The lowest BCUT2D eigenvalue weighted by Crippen LogP contribution is -2.42. The molecule has 1 aliphatic rings. The molecule has 1 aromatic rings. The molecule has 1 heterocycles. The largest absolute Gasteiger partial charge is 0.491 e. The van der Waals surface area contributed by atoms with Crippen molar-refractivity contribution in [3.8, 4) is 5.75 Å². The Hall–Kier alpha value is -2.31. The van der Waals surface area contributed by atoms with Crippen molar-refractivity contribution in [1.29, 1.82) is 0 Å². The molecule has 1 amide bonds. The van der Waals surface area contributed by atoms with E-state index in [1.54, 1.807) is 17.9 Å². The molecule has 1 atom stereocenters. The van der Waals surface area contributed by atoms with Crippen LogP contribution in [-0.2, 0) is 4.74 Å². The number of rotatable bonds is 4. The first kappa shape index (κ1) is 18.0. The van der Waals surface area contributed by atoms with Gasteiger partial charge >= 0.3 is 6.09 Å². The zero-order chi connectivity index (χ0) is 17.9. The van der Waals surface area contributed by atoms with Crippen LogP contribution in [0.5, 0.6) is 5.75 Å². The quantitative estimate of drug-likeness (QED) is 0.619. The van der Waals surface area contributed by atoms with E-state index in [1.165, 1.54) is 12.1 Å². The summed E-state index contributed by atoms with van der Waals surface area (Å²) in [6.07, 6.45) is 1.37. The fraction of sp³-hybridized carbons (Fsp3) is 0.588. The predicted octanol–water partition coefficient (Wildman–Crippen LogP) is 3.68. The zero-order valence-electron chi connectivity index (χ0n) is 14.6. The molecule has 0 saturated carbocycles. The highest BCUT2D eigenvalue weighted by Crippen LogP contribution is 2.25. The summed E-state index contributed by atoms with van der Waals surface area (Å²) in [5.74, 6) is 0.442. The lowest BCUT2D eigenvalue weighted by molar-refractivity contribution is -0.385. The highest BCUT2D eigenvalue weighted by Gasteiger charge is 2.32. The number of nitro groups is 1. The van der Waals surface area contributed by atoms with Crippen LogP contribution in [0.1, 0.15) is 39.2 Å². The molecule has 0 aromatic heterocycles. The van der Waals surface area contributed by atoms with Gasteiger partial charge in [-0.1, -0.05) is 0 Å². The van der Waals surface area contributed by atoms with E-state index in [4.69, 9.17) is 9.47 Å². The van der Waals surface area contributed by atoms with Crippen LogP contribution in [0.4, 0.5) is 10.5 Å². The van der Waals surface area contributed by atoms with E-state index < -0.39 is 10.5 Å². The number of ether oxygens (including phenoxy) is 2. The van der Waals surface area contributed by atoms with E-state index in [0.717, 1.165) is 18.4 Å². The number of carbonyl (C=O) groups excluding carboxylic acids is 1. The molecule has 1 aromatic carbocycles. The van der Waals surface area contributed by atoms with Crippen LogP contribution in [0, 0.1) is 17.0 Å². The highest BCUT2D eigenvalue weighted by molar-refractivity contribution is 5.69. The number of non-ortho nitro benzene ring substituents is 1. The molecule has 1 aliphatic heterocycles. The van der Waals surface area contributed by atoms with E-state index in [0.29, 0.717) is 18.9 Å². The Bertz CT molecular complexity index is 624. The molecule has 24 heavy (non-hydrogen) atoms. The molecule has 0 bridgehead atoms. The summed E-state index contributed by atoms with van der Waals surface area (Å²) < 4.78 is 11.1. The standard InChI is InChI=1S/C17H24N2O5/c1-12-8-14(19(21)22)10-15(9-12)23-11-13-6-5-7-18(13)16(20)24-17(2,3)4/h8-10,13H,5-7,11H2,1-4H3/t13-/m0/s1. The molecule has 0 N–H and O–H groups in total. The minimum Gasteiger partial charge on any atom is -0.491 e. The summed E-state index contributed by atoms with van der Waals surface area (Å²) >= 11 is 0. The molecule has 7 nitrogen and oxygen atoms in total. The van der Waals surface area contributed by atoms with Crippen LogP contribution in [0.25, 0.3) is 0 Å². The molecule has 0 aliphatic carbocycles. The monoisotopic (exact) mass is 336 g/mol. The van der Waals surface area contributed by atoms with Gasteiger partial charge in [0.1, 0.15) is 18.0 Å². The van der Waals surface area contributed by atoms with Crippen molar-refractivity contribution in [2.75, 3.05) is 13.2 Å². The van der Waals surface area contributed by atoms with Crippen LogP contribution in [0.3, 0.4) is 0 Å². The summed E-state index contributed by atoms with van der Waals surface area (Å²) in [6, 6.07) is 4.56. The van der Waals surface area contributed by atoms with Gasteiger partial charge < -0.3 is 14.4 Å². The minimum atomic E-state index is -0.539. The second-order valence-corrected chi connectivity index (χ2v) is 7.04. The molecule has 2 rings (SSSR count). The Labute approximate surface area is 141 Å². The van der Waals surface area contributed by atoms with E-state index in [-0.39, 0.29) is 17.8 Å². The van der Waals surface area contributed by atoms with Gasteiger partial charge in [-0.2, -0.15) is 0 Å². The number of nitrogens with zero attached hydrogens (tertiary/aromatic N) is 2. The van der Waals surface area contributed by atoms with Gasteiger partial charge in [0.2, 0.25) is 0 Å². The van der Waals surface area contributed by atoms with Gasteiger partial charge in [-0.05, 0) is 52.2 Å². The smallest absolute Gasteiger partial charge is 0.410 e. The van der Waals surface area contributed by atoms with Gasteiger partial charge in [-0.25, -0.2) is 4.79 Å². The molecule has 0 unspecified atom stereocenters. The topological polar surface area (TPSA) is 81.9 Å². The number of hydrogen-bond acceptors (Lipinski definition) is 5. The van der Waals surface area contributed by atoms with Crippen molar-refractivity contribution in [2.24, 2.45) is 0 Å². The number of likely N-dealkylation sites (tertiary alicyclic amines) is 1. The average Bonchev–Trinajstić information content (AvgIpc) is 2.91. The van der Waals surface area contributed by atoms with E-state index in [2.05, 4.69) is 0 Å². The van der Waals surface area contributed by atoms with Gasteiger partial charge in [0.05, 0.1) is 17.0 Å². The Kier molecular flexibility index (Phi) is 5.31. The van der Waals surface area contributed by atoms with Gasteiger partial charge in [-0.3, -0.25) is 10.1 Å². The first-order valence-corrected chi connectivity index (χ1v) is 8.04. The molecule has 132 valence electrons. The van der Waals surface area contributed by atoms with Crippen molar-refractivity contribution in [2.45, 2.75) is 52.2 Å². The Morgan fingerprint density at radius 1 is 1.38 bits per heavy atom. The number of benzene rings is 1. The SMILES string of the molecule is Cc1cc(OC[C@@H]2CCCN2C(=O)OC(C)(C)C)cc([N+](=O)[O-])c1. The van der Waals surface area contributed by atoms with E-state index in [9.17, 15) is 14.9 Å². The van der Waals surface area contributed by atoms with Gasteiger partial charge in [0.25, 0.3) is 5.69 Å². The highest BCUT2D eigenvalue weighted by atomic mass is 16.6. The Morgan fingerprint density at radius 2 is 2.08 bits per heavy atom. The molecule has 0 radical (unpaired) electrons. The predicted molar refractivity (Wildman–Crippen MR) is 89.3 cm³/mol. The molecule has 0 spiro atoms. The normalized spacial score (nSPS) is 17.7. The number of aryl methyl sites for hydroxylation is 1. The Morgan fingerprint density at radius 3 is 2.71 bits per heavy atom. The number of amides is 1. The number of nitro benzene ring substituents is 1. The third-order valence-electron chi connectivity index (χ3n) is 3.69. The van der Waals surface area contributed by atoms with Gasteiger partial charge in [0.15, 0.2) is 0 Å². The minimum absolute atomic E-state index is 0.000389. The average molecular weight is 336 g/mol. The van der Waals surface area contributed by atoms with E-state index >= 15 is 0 Å². The first-order valence-electron chi connectivity index (χ1n) is 8.04. The maximum absolute atomic E-state index is 12.2. The summed E-state index contributed by atoms with van der Waals surface area (Å²) in [5.41, 5.74) is 0.220. The third-order valence-corrected chi connectivity index (χ3v) is 3.69. The van der Waals surface area contributed by atoms with Crippen LogP contribution >= 0.6 is 0 Å². The molecular weight excluding hydrogens is 312 g/mol. The summed E-state index contributed by atoms with van der Waals surface area (Å²) in [6.45, 7) is 8.20. The van der Waals surface area contributed by atoms with Crippen molar-refractivity contribution in [1.82, 2.24) is 4.90 Å². The molecule has 7 heteroatoms. The van der Waals surface area contributed by atoms with Crippen LogP contribution < -0.4 is 4.74 Å². The van der Waals surface area contributed by atoms with Crippen molar-refractivity contribution in [3.05, 3.63) is 33.9 Å². The molecular formula is C17H24N2O5. The van der Waals surface area contributed by atoms with Crippen molar-refractivity contribution < 1.29 is 19.2 Å². The summed E-state index contributed by atoms with van der Waals surface area (Å²) in [4.78, 5) is 24.4. The number of hydrogen-bond donors (Lipinski definition) is 0. The third kappa shape index (κ3) is 4.84. The maximum Gasteiger partial charge on any atom is 0.410 e. The van der Waals surface area contributed by atoms with Crippen LogP contribution in [0.2, 0.25) is 0 Å². The first-order chi connectivity index (χ1) is 11.2.